The highest BCUT2D eigenvalue weighted by atomic mass is 35.5. The number of likely N-dealkylation sites (tertiary alicyclic amines) is 1. The van der Waals surface area contributed by atoms with Crippen molar-refractivity contribution in [3.05, 3.63) is 35.1 Å². The van der Waals surface area contributed by atoms with Crippen LogP contribution in [0.3, 0.4) is 0 Å². The van der Waals surface area contributed by atoms with Crippen LogP contribution in [0.4, 0.5) is 17.6 Å². The standard InChI is InChI=1S/C15H16F4N2O.ClH/c16-13-2-1-9(5-12(13)15(17,18)19)14(22)21-4-3-10-6-20-7-11(10)8-21;/h1-2,5,10-11,20H,3-4,6-8H2;1H. The predicted octanol–water partition coefficient (Wildman–Crippen LogP) is 2.95. The van der Waals surface area contributed by atoms with E-state index < -0.39 is 23.5 Å². The highest BCUT2D eigenvalue weighted by Gasteiger charge is 2.37. The Morgan fingerprint density at radius 2 is 1.91 bits per heavy atom. The molecule has 128 valence electrons. The van der Waals surface area contributed by atoms with Gasteiger partial charge in [-0.3, -0.25) is 4.79 Å². The molecule has 1 aromatic rings. The minimum atomic E-state index is -4.80. The minimum Gasteiger partial charge on any atom is -0.338 e. The second-order valence-electron chi connectivity index (χ2n) is 5.91. The van der Waals surface area contributed by atoms with Gasteiger partial charge in [0.2, 0.25) is 0 Å². The highest BCUT2D eigenvalue weighted by molar-refractivity contribution is 5.94. The van der Waals surface area contributed by atoms with Gasteiger partial charge < -0.3 is 10.2 Å². The molecule has 23 heavy (non-hydrogen) atoms. The van der Waals surface area contributed by atoms with Crippen molar-refractivity contribution in [1.82, 2.24) is 10.2 Å². The number of piperidine rings is 1. The van der Waals surface area contributed by atoms with Crippen molar-refractivity contribution in [3.8, 4) is 0 Å². The monoisotopic (exact) mass is 352 g/mol. The Balaban J connectivity index is 0.00000192. The smallest absolute Gasteiger partial charge is 0.338 e. The van der Waals surface area contributed by atoms with E-state index in [0.29, 0.717) is 37.1 Å². The first kappa shape index (κ1) is 18.0. The fourth-order valence-electron chi connectivity index (χ4n) is 3.28. The molecule has 1 aromatic carbocycles. The van der Waals surface area contributed by atoms with E-state index >= 15 is 0 Å². The number of nitrogens with zero attached hydrogens (tertiary/aromatic N) is 1. The van der Waals surface area contributed by atoms with E-state index in [0.717, 1.165) is 25.6 Å². The number of alkyl halides is 3. The van der Waals surface area contributed by atoms with Crippen LogP contribution in [0.5, 0.6) is 0 Å². The average molecular weight is 353 g/mol. The summed E-state index contributed by atoms with van der Waals surface area (Å²) in [5.74, 6) is -0.943. The molecular formula is C15H17ClF4N2O. The minimum absolute atomic E-state index is 0. The number of halogens is 5. The summed E-state index contributed by atoms with van der Waals surface area (Å²) < 4.78 is 51.5. The molecule has 2 heterocycles. The molecule has 0 saturated carbocycles. The maximum Gasteiger partial charge on any atom is 0.419 e. The lowest BCUT2D eigenvalue weighted by Crippen LogP contribution is -2.43. The van der Waals surface area contributed by atoms with Crippen molar-refractivity contribution in [2.24, 2.45) is 11.8 Å². The summed E-state index contributed by atoms with van der Waals surface area (Å²) >= 11 is 0. The molecule has 0 radical (unpaired) electrons. The van der Waals surface area contributed by atoms with Gasteiger partial charge in [0.05, 0.1) is 5.56 Å². The van der Waals surface area contributed by atoms with Crippen LogP contribution < -0.4 is 5.32 Å². The van der Waals surface area contributed by atoms with Crippen LogP contribution in [0.2, 0.25) is 0 Å². The fourth-order valence-corrected chi connectivity index (χ4v) is 3.28. The van der Waals surface area contributed by atoms with Gasteiger partial charge >= 0.3 is 6.18 Å². The number of benzene rings is 1. The highest BCUT2D eigenvalue weighted by Crippen LogP contribution is 2.33. The molecule has 8 heteroatoms. The molecule has 3 rings (SSSR count). The molecule has 2 fully saturated rings. The van der Waals surface area contributed by atoms with Crippen LogP contribution in [0.15, 0.2) is 18.2 Å². The number of fused-ring (bicyclic) bond motifs is 1. The Labute approximate surface area is 137 Å². The zero-order valence-corrected chi connectivity index (χ0v) is 13.0. The molecule has 2 atom stereocenters. The maximum absolute atomic E-state index is 13.3. The third-order valence-corrected chi connectivity index (χ3v) is 4.51. The topological polar surface area (TPSA) is 32.3 Å². The van der Waals surface area contributed by atoms with Crippen molar-refractivity contribution >= 4 is 18.3 Å². The van der Waals surface area contributed by atoms with E-state index in [9.17, 15) is 22.4 Å². The lowest BCUT2D eigenvalue weighted by molar-refractivity contribution is -0.140. The van der Waals surface area contributed by atoms with E-state index in [1.165, 1.54) is 0 Å². The summed E-state index contributed by atoms with van der Waals surface area (Å²) in [5, 5.41) is 3.26. The average Bonchev–Trinajstić information content (AvgIpc) is 2.93. The molecule has 3 nitrogen and oxygen atoms in total. The Hall–Kier alpha value is -1.34. The van der Waals surface area contributed by atoms with Gasteiger partial charge in [-0.05, 0) is 49.5 Å². The lowest BCUT2D eigenvalue weighted by atomic mass is 9.88. The molecule has 2 saturated heterocycles. The van der Waals surface area contributed by atoms with Gasteiger partial charge in [0, 0.05) is 18.7 Å². The number of amides is 1. The van der Waals surface area contributed by atoms with Crippen LogP contribution in [0.1, 0.15) is 22.3 Å². The summed E-state index contributed by atoms with van der Waals surface area (Å²) in [6, 6.07) is 2.43. The molecule has 1 amide bonds. The van der Waals surface area contributed by atoms with Gasteiger partial charge in [-0.15, -0.1) is 12.4 Å². The zero-order valence-electron chi connectivity index (χ0n) is 12.2. The van der Waals surface area contributed by atoms with Gasteiger partial charge in [0.1, 0.15) is 5.82 Å². The van der Waals surface area contributed by atoms with E-state index in [-0.39, 0.29) is 18.0 Å². The Morgan fingerprint density at radius 3 is 2.61 bits per heavy atom. The number of nitrogens with one attached hydrogen (secondary N) is 1. The van der Waals surface area contributed by atoms with E-state index in [2.05, 4.69) is 5.32 Å². The molecule has 0 aliphatic carbocycles. The lowest BCUT2D eigenvalue weighted by Gasteiger charge is -2.34. The Morgan fingerprint density at radius 1 is 1.22 bits per heavy atom. The number of hydrogen-bond donors (Lipinski definition) is 1. The third-order valence-electron chi connectivity index (χ3n) is 4.51. The second kappa shape index (κ2) is 6.65. The van der Waals surface area contributed by atoms with Crippen LogP contribution in [-0.4, -0.2) is 37.0 Å². The zero-order chi connectivity index (χ0) is 15.9. The van der Waals surface area contributed by atoms with Gasteiger partial charge in [-0.25, -0.2) is 4.39 Å². The van der Waals surface area contributed by atoms with Crippen molar-refractivity contribution in [2.75, 3.05) is 26.2 Å². The Kier molecular flexibility index (Phi) is 5.20. The maximum atomic E-state index is 13.3. The largest absolute Gasteiger partial charge is 0.419 e. The first-order valence-corrected chi connectivity index (χ1v) is 7.23. The predicted molar refractivity (Wildman–Crippen MR) is 79.0 cm³/mol. The van der Waals surface area contributed by atoms with Crippen LogP contribution in [0.25, 0.3) is 0 Å². The third kappa shape index (κ3) is 3.61. The summed E-state index contributed by atoms with van der Waals surface area (Å²) in [4.78, 5) is 14.0. The summed E-state index contributed by atoms with van der Waals surface area (Å²) in [7, 11) is 0. The van der Waals surface area contributed by atoms with Crippen molar-refractivity contribution in [2.45, 2.75) is 12.6 Å². The SMILES string of the molecule is Cl.O=C(c1ccc(F)c(C(F)(F)F)c1)N1CCC2CNCC2C1. The Bertz CT molecular complexity index is 593. The van der Waals surface area contributed by atoms with E-state index in [1.807, 2.05) is 0 Å². The first-order chi connectivity index (χ1) is 10.4. The molecule has 2 unspecified atom stereocenters. The molecule has 2 aliphatic heterocycles. The van der Waals surface area contributed by atoms with Crippen molar-refractivity contribution in [3.63, 3.8) is 0 Å². The van der Waals surface area contributed by atoms with Crippen LogP contribution in [-0.2, 0) is 6.18 Å². The van der Waals surface area contributed by atoms with Crippen molar-refractivity contribution in [1.29, 1.82) is 0 Å². The second-order valence-corrected chi connectivity index (χ2v) is 5.91. The quantitative estimate of drug-likeness (QED) is 0.788. The number of hydrogen-bond acceptors (Lipinski definition) is 2. The molecular weight excluding hydrogens is 336 g/mol. The molecule has 0 bridgehead atoms. The molecule has 0 spiro atoms. The van der Waals surface area contributed by atoms with Crippen molar-refractivity contribution < 1.29 is 22.4 Å². The van der Waals surface area contributed by atoms with E-state index in [1.54, 1.807) is 4.90 Å². The van der Waals surface area contributed by atoms with Crippen LogP contribution in [0, 0.1) is 17.7 Å². The van der Waals surface area contributed by atoms with Gasteiger partial charge in [-0.2, -0.15) is 13.2 Å². The van der Waals surface area contributed by atoms with Crippen LogP contribution >= 0.6 is 12.4 Å². The molecule has 1 N–H and O–H groups in total. The number of carbonyl (C=O) groups excluding carboxylic acids is 1. The molecule has 2 aliphatic rings. The van der Waals surface area contributed by atoms with E-state index in [4.69, 9.17) is 0 Å². The first-order valence-electron chi connectivity index (χ1n) is 7.23. The number of rotatable bonds is 1. The summed E-state index contributed by atoms with van der Waals surface area (Å²) in [6.45, 7) is 2.82. The fraction of sp³-hybridized carbons (Fsp3) is 0.533. The van der Waals surface area contributed by atoms with Gasteiger partial charge in [-0.1, -0.05) is 0 Å². The summed E-state index contributed by atoms with van der Waals surface area (Å²) in [6.07, 6.45) is -3.96. The summed E-state index contributed by atoms with van der Waals surface area (Å²) in [5.41, 5.74) is -1.51. The van der Waals surface area contributed by atoms with Gasteiger partial charge in [0.15, 0.2) is 0 Å². The number of carbonyl (C=O) groups is 1. The normalized spacial score (nSPS) is 24.1. The van der Waals surface area contributed by atoms with Gasteiger partial charge in [0.25, 0.3) is 5.91 Å². The molecule has 0 aromatic heterocycles.